The van der Waals surface area contributed by atoms with Gasteiger partial charge in [-0.1, -0.05) is 330 Å². The number of rotatable bonds is 12. The van der Waals surface area contributed by atoms with E-state index in [1.54, 1.807) is 5.57 Å². The maximum absolute atomic E-state index is 6.02. The van der Waals surface area contributed by atoms with Crippen LogP contribution in [0.25, 0.3) is 72.8 Å². The van der Waals surface area contributed by atoms with Crippen LogP contribution in [0.4, 0.5) is 0 Å². The zero-order valence-corrected chi connectivity index (χ0v) is 50.0. The van der Waals surface area contributed by atoms with Crippen molar-refractivity contribution in [1.82, 2.24) is 0 Å². The maximum Gasteiger partial charge on any atom is 0.0690 e. The minimum Gasteiger partial charge on any atom is -0.327 e. The van der Waals surface area contributed by atoms with E-state index in [0.717, 1.165) is 57.4 Å². The summed E-state index contributed by atoms with van der Waals surface area (Å²) in [5.41, 5.74) is 25.9. The minimum atomic E-state index is -0.865. The van der Waals surface area contributed by atoms with Crippen molar-refractivity contribution < 1.29 is 0 Å². The molecule has 2 bridgehead atoms. The van der Waals surface area contributed by atoms with Crippen LogP contribution in [0.15, 0.2) is 309 Å². The molecule has 0 aromatic heterocycles. The molecule has 418 valence electrons. The normalized spacial score (nSPS) is 13.6. The third kappa shape index (κ3) is 12.7. The zero-order valence-electron chi connectivity index (χ0n) is 50.0. The highest BCUT2D eigenvalue weighted by atomic mass is 14.5. The number of hydrogen-bond acceptors (Lipinski definition) is 1. The Morgan fingerprint density at radius 1 is 0.459 bits per heavy atom. The fraction of sp³-hybridized carbons (Fsp3) is 0.119. The summed E-state index contributed by atoms with van der Waals surface area (Å²) >= 11 is 0. The van der Waals surface area contributed by atoms with Gasteiger partial charge in [0.25, 0.3) is 0 Å². The van der Waals surface area contributed by atoms with E-state index in [4.69, 9.17) is 18.9 Å². The van der Waals surface area contributed by atoms with Crippen LogP contribution in [-0.2, 0) is 5.41 Å². The van der Waals surface area contributed by atoms with Crippen LogP contribution in [0.2, 0.25) is 0 Å². The SMILES string of the molecule is C=C(/C=C\c1ccc2ccccc2c1C)C(C(=C)/C=C\c1ccc2ccccc2c1C)(c1ccc(C2=CC3CC(=C(C)c4ccccc43)C2)cc1)c1ccc(-c2c(/C=C\CN)ccc3ccccc23)cc1.CC.c1ccccc1.c1ccccc1. The summed E-state index contributed by atoms with van der Waals surface area (Å²) in [6, 6.07) is 90.7. The predicted octanol–water partition coefficient (Wildman–Crippen LogP) is 22.4. The summed E-state index contributed by atoms with van der Waals surface area (Å²) in [4.78, 5) is 0. The van der Waals surface area contributed by atoms with Crippen molar-refractivity contribution in [2.24, 2.45) is 5.73 Å². The van der Waals surface area contributed by atoms with Gasteiger partial charge in [0.1, 0.15) is 0 Å². The van der Waals surface area contributed by atoms with E-state index in [1.165, 1.54) is 76.8 Å². The lowest BCUT2D eigenvalue weighted by molar-refractivity contribution is 0.749. The van der Waals surface area contributed by atoms with Crippen molar-refractivity contribution in [3.05, 3.63) is 365 Å². The van der Waals surface area contributed by atoms with E-state index in [-0.39, 0.29) is 0 Å². The standard InChI is InChI=1S/C70H59N.2C6H6.C2H6/c1-46(24-26-51-28-30-54-15-6-9-19-64(54)48(51)3)70(47(2)25-27-52-29-31-55-16-7-10-20-65(55)49(52)4,63-40-36-58(37-41-63)69-57(18-14-42-71)33-32-56-17-8-11-23-68(56)69)62-38-34-53(35-39-62)60-43-59-44-61(45-60)67-22-13-12-21-66(67)50(59)5;2*1-2-4-6-5-3-1;1-2/h6-41,45,61H,1-2,42-44,71H2,3-5H3;2*1-6H;1-2H3/b18-14-,26-24-,27-25-;;;. The van der Waals surface area contributed by atoms with Crippen molar-refractivity contribution >= 4 is 61.7 Å². The summed E-state index contributed by atoms with van der Waals surface area (Å²) in [7, 11) is 0. The zero-order chi connectivity index (χ0) is 59.1. The van der Waals surface area contributed by atoms with Gasteiger partial charge in [0, 0.05) is 12.5 Å². The van der Waals surface area contributed by atoms with E-state index >= 15 is 0 Å². The molecule has 1 unspecified atom stereocenters. The second-order valence-corrected chi connectivity index (χ2v) is 21.8. The van der Waals surface area contributed by atoms with E-state index in [0.29, 0.717) is 12.5 Å². The van der Waals surface area contributed by atoms with Gasteiger partial charge in [-0.25, -0.2) is 0 Å². The quantitative estimate of drug-likeness (QED) is 0.121. The maximum atomic E-state index is 6.02. The van der Waals surface area contributed by atoms with E-state index in [2.05, 4.69) is 239 Å². The van der Waals surface area contributed by atoms with Gasteiger partial charge in [0.15, 0.2) is 0 Å². The van der Waals surface area contributed by atoms with Crippen LogP contribution >= 0.6 is 0 Å². The first-order valence-electron chi connectivity index (χ1n) is 30.0. The van der Waals surface area contributed by atoms with Gasteiger partial charge < -0.3 is 5.73 Å². The number of allylic oxidation sites excluding steroid dienone is 8. The van der Waals surface area contributed by atoms with Gasteiger partial charge >= 0.3 is 0 Å². The second kappa shape index (κ2) is 27.6. The Balaban J connectivity index is 0.000000508. The number of fused-ring (bicyclic) bond motifs is 7. The molecule has 0 saturated heterocycles. The van der Waals surface area contributed by atoms with Crippen LogP contribution < -0.4 is 5.73 Å². The molecule has 0 fully saturated rings. The Labute approximate surface area is 505 Å². The molecule has 2 aliphatic rings. The summed E-state index contributed by atoms with van der Waals surface area (Å²) in [6.45, 7) is 21.3. The van der Waals surface area contributed by atoms with Gasteiger partial charge in [0.2, 0.25) is 0 Å². The Morgan fingerprint density at radius 2 is 0.882 bits per heavy atom. The molecule has 0 saturated carbocycles. The molecule has 85 heavy (non-hydrogen) atoms. The van der Waals surface area contributed by atoms with Crippen molar-refractivity contribution in [2.75, 3.05) is 6.54 Å². The monoisotopic (exact) mass is 1100 g/mol. The lowest BCUT2D eigenvalue weighted by Gasteiger charge is -2.38. The Kier molecular flexibility index (Phi) is 19.0. The van der Waals surface area contributed by atoms with E-state index in [9.17, 15) is 0 Å². The molecule has 2 N–H and O–H groups in total. The smallest absolute Gasteiger partial charge is 0.0690 e. The van der Waals surface area contributed by atoms with Crippen LogP contribution in [0.5, 0.6) is 0 Å². The summed E-state index contributed by atoms with van der Waals surface area (Å²) < 4.78 is 0. The van der Waals surface area contributed by atoms with E-state index < -0.39 is 5.41 Å². The highest BCUT2D eigenvalue weighted by molar-refractivity contribution is 6.01. The number of nitrogens with two attached hydrogens (primary N) is 1. The lowest BCUT2D eigenvalue weighted by atomic mass is 9.64. The molecule has 13 rings (SSSR count). The van der Waals surface area contributed by atoms with Gasteiger partial charge in [-0.2, -0.15) is 0 Å². The predicted molar refractivity (Wildman–Crippen MR) is 372 cm³/mol. The third-order valence-corrected chi connectivity index (χ3v) is 17.0. The van der Waals surface area contributed by atoms with Crippen molar-refractivity contribution in [2.45, 2.75) is 58.8 Å². The van der Waals surface area contributed by atoms with Crippen molar-refractivity contribution in [3.8, 4) is 11.1 Å². The van der Waals surface area contributed by atoms with Gasteiger partial charge in [-0.15, -0.1) is 0 Å². The second-order valence-electron chi connectivity index (χ2n) is 21.8. The van der Waals surface area contributed by atoms with Crippen molar-refractivity contribution in [3.63, 3.8) is 0 Å². The first-order chi connectivity index (χ1) is 41.7. The molecule has 0 radical (unpaired) electrons. The molecule has 0 heterocycles. The Hall–Kier alpha value is -9.66. The molecule has 0 spiro atoms. The third-order valence-electron chi connectivity index (χ3n) is 17.0. The molecule has 2 aliphatic carbocycles. The first kappa shape index (κ1) is 58.5. The number of benzene rings is 11. The molecule has 1 atom stereocenters. The van der Waals surface area contributed by atoms with E-state index in [1.807, 2.05) is 92.7 Å². The molecule has 0 aliphatic heterocycles. The Bertz CT molecular complexity index is 4090. The van der Waals surface area contributed by atoms with Gasteiger partial charge in [-0.3, -0.25) is 0 Å². The fourth-order valence-electron chi connectivity index (χ4n) is 12.5. The summed E-state index contributed by atoms with van der Waals surface area (Å²) in [6.07, 6.45) is 17.7. The fourth-order valence-corrected chi connectivity index (χ4v) is 12.5. The Morgan fingerprint density at radius 3 is 1.38 bits per heavy atom. The lowest BCUT2D eigenvalue weighted by Crippen LogP contribution is -2.31. The molecule has 0 amide bonds. The van der Waals surface area contributed by atoms with Crippen LogP contribution in [0.1, 0.15) is 95.2 Å². The highest BCUT2D eigenvalue weighted by Crippen LogP contribution is 2.50. The minimum absolute atomic E-state index is 0.380. The number of hydrogen-bond donors (Lipinski definition) is 1. The van der Waals surface area contributed by atoms with Crippen LogP contribution in [-0.4, -0.2) is 6.54 Å². The number of aryl methyl sites for hydroxylation is 2. The van der Waals surface area contributed by atoms with Crippen molar-refractivity contribution in [1.29, 1.82) is 0 Å². The summed E-state index contributed by atoms with van der Waals surface area (Å²) in [5, 5.41) is 7.37. The largest absolute Gasteiger partial charge is 0.327 e. The average Bonchev–Trinajstić information content (AvgIpc) is 1.25. The topological polar surface area (TPSA) is 26.0 Å². The molecule has 11 aromatic rings. The summed E-state index contributed by atoms with van der Waals surface area (Å²) in [5.74, 6) is 0.380. The average molecular weight is 1100 g/mol. The van der Waals surface area contributed by atoms with Crippen LogP contribution in [0.3, 0.4) is 0 Å². The first-order valence-corrected chi connectivity index (χ1v) is 30.0. The molecule has 11 aromatic carbocycles. The van der Waals surface area contributed by atoms with Crippen LogP contribution in [0, 0.1) is 13.8 Å². The molecular formula is C84H77N. The molecule has 1 heteroatoms. The van der Waals surface area contributed by atoms with Gasteiger partial charge in [-0.05, 0) is 155 Å². The molecule has 1 nitrogen and oxygen atoms in total. The molecular weight excluding hydrogens is 1020 g/mol. The highest BCUT2D eigenvalue weighted by Gasteiger charge is 2.39. The van der Waals surface area contributed by atoms with Gasteiger partial charge in [0.05, 0.1) is 5.41 Å².